The lowest BCUT2D eigenvalue weighted by Crippen LogP contribution is -2.18. The van der Waals surface area contributed by atoms with Crippen molar-refractivity contribution in [2.24, 2.45) is 5.73 Å². The maximum absolute atomic E-state index is 11.4. The number of H-pyrrole nitrogens is 1. The third kappa shape index (κ3) is 1.89. The van der Waals surface area contributed by atoms with Crippen molar-refractivity contribution in [3.63, 3.8) is 0 Å². The Bertz CT molecular complexity index is 608. The summed E-state index contributed by atoms with van der Waals surface area (Å²) in [5.74, 6) is 0.516. The summed E-state index contributed by atoms with van der Waals surface area (Å²) < 4.78 is 0. The number of rotatable bonds is 2. The number of aromatic nitrogens is 2. The molecule has 2 heterocycles. The monoisotopic (exact) mass is 260 g/mol. The standard InChI is InChI=1S/C12H12N4OS/c13-4-10-8(5-14-16-10)7-1-2-11-9(3-7)15-12(17)6-18-11/h1-3,5H,4,6,13H2,(H,14,16)(H,15,17). The zero-order chi connectivity index (χ0) is 12.5. The second-order valence-electron chi connectivity index (χ2n) is 4.01. The average Bonchev–Trinajstić information content (AvgIpc) is 2.86. The van der Waals surface area contributed by atoms with Crippen molar-refractivity contribution in [2.75, 3.05) is 11.1 Å². The van der Waals surface area contributed by atoms with Crippen LogP contribution in [0.25, 0.3) is 11.1 Å². The highest BCUT2D eigenvalue weighted by atomic mass is 32.2. The lowest BCUT2D eigenvalue weighted by molar-refractivity contribution is -0.113. The number of amides is 1. The number of hydrogen-bond donors (Lipinski definition) is 3. The molecule has 18 heavy (non-hydrogen) atoms. The summed E-state index contributed by atoms with van der Waals surface area (Å²) in [4.78, 5) is 12.5. The molecule has 1 aromatic carbocycles. The topological polar surface area (TPSA) is 83.8 Å². The summed E-state index contributed by atoms with van der Waals surface area (Å²) in [7, 11) is 0. The van der Waals surface area contributed by atoms with E-state index in [9.17, 15) is 4.79 Å². The third-order valence-electron chi connectivity index (χ3n) is 2.85. The van der Waals surface area contributed by atoms with Crippen LogP contribution in [0.1, 0.15) is 5.69 Å². The van der Waals surface area contributed by atoms with Crippen LogP contribution in [0.2, 0.25) is 0 Å². The van der Waals surface area contributed by atoms with Gasteiger partial charge in [0.1, 0.15) is 0 Å². The van der Waals surface area contributed by atoms with Crippen LogP contribution in [0, 0.1) is 0 Å². The molecule has 6 heteroatoms. The first kappa shape index (κ1) is 11.3. The van der Waals surface area contributed by atoms with Gasteiger partial charge < -0.3 is 11.1 Å². The maximum atomic E-state index is 11.4. The predicted molar refractivity (Wildman–Crippen MR) is 71.3 cm³/mol. The van der Waals surface area contributed by atoms with Gasteiger partial charge in [0.05, 0.1) is 23.3 Å². The highest BCUT2D eigenvalue weighted by Crippen LogP contribution is 2.35. The molecule has 0 radical (unpaired) electrons. The quantitative estimate of drug-likeness (QED) is 0.765. The number of thioether (sulfide) groups is 1. The van der Waals surface area contributed by atoms with Gasteiger partial charge in [0.15, 0.2) is 0 Å². The molecule has 0 aliphatic carbocycles. The Labute approximate surface area is 108 Å². The Balaban J connectivity index is 2.04. The van der Waals surface area contributed by atoms with Gasteiger partial charge in [0, 0.05) is 17.0 Å². The summed E-state index contributed by atoms with van der Waals surface area (Å²) in [6.45, 7) is 0.410. The normalized spacial score (nSPS) is 14.2. The van der Waals surface area contributed by atoms with E-state index < -0.39 is 0 Å². The van der Waals surface area contributed by atoms with Gasteiger partial charge in [-0.25, -0.2) is 0 Å². The van der Waals surface area contributed by atoms with Gasteiger partial charge in [-0.2, -0.15) is 5.10 Å². The molecule has 92 valence electrons. The van der Waals surface area contributed by atoms with Crippen LogP contribution in [-0.2, 0) is 11.3 Å². The molecule has 0 atom stereocenters. The summed E-state index contributed by atoms with van der Waals surface area (Å²) in [6, 6.07) is 6.00. The lowest BCUT2D eigenvalue weighted by atomic mass is 10.1. The first-order chi connectivity index (χ1) is 8.78. The number of nitrogens with one attached hydrogen (secondary N) is 2. The second kappa shape index (κ2) is 4.47. The highest BCUT2D eigenvalue weighted by Gasteiger charge is 2.16. The van der Waals surface area contributed by atoms with Gasteiger partial charge in [-0.15, -0.1) is 11.8 Å². The van der Waals surface area contributed by atoms with Crippen LogP contribution >= 0.6 is 11.8 Å². The van der Waals surface area contributed by atoms with Crippen molar-refractivity contribution < 1.29 is 4.79 Å². The molecular weight excluding hydrogens is 248 g/mol. The number of aromatic amines is 1. The number of carbonyl (C=O) groups is 1. The van der Waals surface area contributed by atoms with Crippen molar-refractivity contribution in [2.45, 2.75) is 11.4 Å². The van der Waals surface area contributed by atoms with E-state index in [-0.39, 0.29) is 5.91 Å². The summed E-state index contributed by atoms with van der Waals surface area (Å²) in [5, 5.41) is 9.75. The van der Waals surface area contributed by atoms with Gasteiger partial charge in [-0.3, -0.25) is 9.89 Å². The van der Waals surface area contributed by atoms with Gasteiger partial charge in [-0.1, -0.05) is 6.07 Å². The van der Waals surface area contributed by atoms with Gasteiger partial charge in [-0.05, 0) is 17.7 Å². The van der Waals surface area contributed by atoms with Crippen LogP contribution in [0.3, 0.4) is 0 Å². The third-order valence-corrected chi connectivity index (χ3v) is 3.92. The molecule has 1 aliphatic heterocycles. The zero-order valence-corrected chi connectivity index (χ0v) is 10.4. The second-order valence-corrected chi connectivity index (χ2v) is 5.03. The van der Waals surface area contributed by atoms with E-state index in [1.54, 1.807) is 18.0 Å². The molecule has 3 rings (SSSR count). The minimum absolute atomic E-state index is 0.0379. The fraction of sp³-hybridized carbons (Fsp3) is 0.167. The fourth-order valence-corrected chi connectivity index (χ4v) is 2.76. The van der Waals surface area contributed by atoms with Crippen LogP contribution in [-0.4, -0.2) is 21.9 Å². The molecule has 0 bridgehead atoms. The predicted octanol–water partition coefficient (Wildman–Crippen LogP) is 1.58. The molecule has 0 unspecified atom stereocenters. The summed E-state index contributed by atoms with van der Waals surface area (Å²) >= 11 is 1.55. The number of hydrogen-bond acceptors (Lipinski definition) is 4. The van der Waals surface area contributed by atoms with E-state index in [0.717, 1.165) is 27.4 Å². The molecule has 1 aromatic heterocycles. The maximum Gasteiger partial charge on any atom is 0.234 e. The van der Waals surface area contributed by atoms with Gasteiger partial charge in [0.25, 0.3) is 0 Å². The highest BCUT2D eigenvalue weighted by molar-refractivity contribution is 8.00. The molecular formula is C12H12N4OS. The molecule has 2 aromatic rings. The molecule has 0 spiro atoms. The zero-order valence-electron chi connectivity index (χ0n) is 9.56. The van der Waals surface area contributed by atoms with E-state index >= 15 is 0 Å². The van der Waals surface area contributed by atoms with Crippen molar-refractivity contribution in [3.8, 4) is 11.1 Å². The Morgan fingerprint density at radius 3 is 3.17 bits per heavy atom. The summed E-state index contributed by atoms with van der Waals surface area (Å²) in [5.41, 5.74) is 9.38. The Kier molecular flexibility index (Phi) is 2.81. The molecule has 0 saturated carbocycles. The van der Waals surface area contributed by atoms with Crippen LogP contribution in [0.4, 0.5) is 5.69 Å². The van der Waals surface area contributed by atoms with Crippen molar-refractivity contribution in [3.05, 3.63) is 30.1 Å². The number of carbonyl (C=O) groups excluding carboxylic acids is 1. The molecule has 1 aliphatic rings. The van der Waals surface area contributed by atoms with E-state index in [1.807, 2.05) is 18.2 Å². The Morgan fingerprint density at radius 1 is 1.44 bits per heavy atom. The average molecular weight is 260 g/mol. The van der Waals surface area contributed by atoms with Crippen molar-refractivity contribution >= 4 is 23.4 Å². The minimum atomic E-state index is 0.0379. The molecule has 5 nitrogen and oxygen atoms in total. The van der Waals surface area contributed by atoms with Crippen LogP contribution in [0.5, 0.6) is 0 Å². The van der Waals surface area contributed by atoms with Crippen molar-refractivity contribution in [1.82, 2.24) is 10.2 Å². The van der Waals surface area contributed by atoms with Gasteiger partial charge in [0.2, 0.25) is 5.91 Å². The summed E-state index contributed by atoms with van der Waals surface area (Å²) in [6.07, 6.45) is 1.75. The van der Waals surface area contributed by atoms with E-state index in [0.29, 0.717) is 12.3 Å². The number of anilines is 1. The number of benzene rings is 1. The van der Waals surface area contributed by atoms with E-state index in [4.69, 9.17) is 5.73 Å². The first-order valence-electron chi connectivity index (χ1n) is 5.57. The molecule has 1 amide bonds. The smallest absolute Gasteiger partial charge is 0.234 e. The van der Waals surface area contributed by atoms with E-state index in [2.05, 4.69) is 15.5 Å². The number of nitrogens with zero attached hydrogens (tertiary/aromatic N) is 1. The lowest BCUT2D eigenvalue weighted by Gasteiger charge is -2.17. The Morgan fingerprint density at radius 2 is 2.33 bits per heavy atom. The molecule has 4 N–H and O–H groups in total. The SMILES string of the molecule is NCc1[nH]ncc1-c1ccc2c(c1)NC(=O)CS2. The fourth-order valence-electron chi connectivity index (χ4n) is 1.97. The minimum Gasteiger partial charge on any atom is -0.325 e. The first-order valence-corrected chi connectivity index (χ1v) is 6.56. The van der Waals surface area contributed by atoms with Crippen molar-refractivity contribution in [1.29, 1.82) is 0 Å². The Hall–Kier alpha value is -1.79. The number of nitrogens with two attached hydrogens (primary N) is 1. The van der Waals surface area contributed by atoms with Crippen LogP contribution in [0.15, 0.2) is 29.3 Å². The van der Waals surface area contributed by atoms with Crippen LogP contribution < -0.4 is 11.1 Å². The van der Waals surface area contributed by atoms with Gasteiger partial charge >= 0.3 is 0 Å². The largest absolute Gasteiger partial charge is 0.325 e. The molecule has 0 fully saturated rings. The molecule has 0 saturated heterocycles. The van der Waals surface area contributed by atoms with E-state index in [1.165, 1.54) is 0 Å². The number of fused-ring (bicyclic) bond motifs is 1.